The molecule has 2 rings (SSSR count). The third-order valence-electron chi connectivity index (χ3n) is 2.41. The summed E-state index contributed by atoms with van der Waals surface area (Å²) < 4.78 is 5.09. The smallest absolute Gasteiger partial charge is 0.276 e. The maximum atomic E-state index is 9.73. The maximum Gasteiger partial charge on any atom is 0.276 e. The van der Waals surface area contributed by atoms with E-state index in [9.17, 15) is 5.11 Å². The first kappa shape index (κ1) is 11.7. The van der Waals surface area contributed by atoms with Crippen molar-refractivity contribution in [3.8, 4) is 11.6 Å². The minimum atomic E-state index is -0.665. The lowest BCUT2D eigenvalue weighted by molar-refractivity contribution is 0.153. The summed E-state index contributed by atoms with van der Waals surface area (Å²) in [5.41, 5.74) is 1.52. The number of pyridine rings is 1. The molecule has 0 aliphatic carbocycles. The molecule has 0 spiro atoms. The highest BCUT2D eigenvalue weighted by atomic mass is 16.5. The van der Waals surface area contributed by atoms with Crippen LogP contribution < -0.4 is 0 Å². The number of aryl methyl sites for hydroxylation is 1. The molecular formula is C12H15N3O2. The minimum absolute atomic E-state index is 0.324. The molecule has 0 fully saturated rings. The van der Waals surface area contributed by atoms with Gasteiger partial charge in [0.1, 0.15) is 11.8 Å². The highest BCUT2D eigenvalue weighted by Gasteiger charge is 2.16. The zero-order valence-corrected chi connectivity index (χ0v) is 9.92. The van der Waals surface area contributed by atoms with Crippen LogP contribution in [0.25, 0.3) is 11.6 Å². The highest BCUT2D eigenvalue weighted by molar-refractivity contribution is 5.46. The summed E-state index contributed by atoms with van der Waals surface area (Å²) in [5, 5.41) is 13.5. The Balaban J connectivity index is 2.23. The molecular weight excluding hydrogens is 218 g/mol. The van der Waals surface area contributed by atoms with E-state index in [1.165, 1.54) is 0 Å². The Morgan fingerprint density at radius 2 is 2.18 bits per heavy atom. The van der Waals surface area contributed by atoms with E-state index in [0.29, 0.717) is 23.8 Å². The quantitative estimate of drug-likeness (QED) is 0.877. The van der Waals surface area contributed by atoms with Crippen LogP contribution in [0.5, 0.6) is 0 Å². The van der Waals surface area contributed by atoms with E-state index in [0.717, 1.165) is 12.1 Å². The third kappa shape index (κ3) is 2.68. The Labute approximate surface area is 99.5 Å². The van der Waals surface area contributed by atoms with Gasteiger partial charge in [0, 0.05) is 5.69 Å². The van der Waals surface area contributed by atoms with Crippen molar-refractivity contribution in [1.29, 1.82) is 0 Å². The van der Waals surface area contributed by atoms with Crippen molar-refractivity contribution in [1.82, 2.24) is 15.1 Å². The number of hydrogen-bond acceptors (Lipinski definition) is 5. The van der Waals surface area contributed by atoms with E-state index in [2.05, 4.69) is 15.1 Å². The molecule has 1 N–H and O–H groups in total. The summed E-state index contributed by atoms with van der Waals surface area (Å²) in [6.45, 7) is 3.89. The topological polar surface area (TPSA) is 72.0 Å². The summed E-state index contributed by atoms with van der Waals surface area (Å²) in [6.07, 6.45) is 0.829. The van der Waals surface area contributed by atoms with Crippen LogP contribution in [0.4, 0.5) is 0 Å². The molecule has 0 aromatic carbocycles. The van der Waals surface area contributed by atoms with Gasteiger partial charge in [0.2, 0.25) is 5.82 Å². The lowest BCUT2D eigenvalue weighted by Crippen LogP contribution is -1.99. The summed E-state index contributed by atoms with van der Waals surface area (Å²) in [4.78, 5) is 8.43. The van der Waals surface area contributed by atoms with Gasteiger partial charge in [-0.1, -0.05) is 24.6 Å². The van der Waals surface area contributed by atoms with Crippen LogP contribution >= 0.6 is 0 Å². The van der Waals surface area contributed by atoms with Crippen molar-refractivity contribution in [2.75, 3.05) is 0 Å². The summed E-state index contributed by atoms with van der Waals surface area (Å²) >= 11 is 0. The second-order valence-electron chi connectivity index (χ2n) is 3.93. The number of aromatic nitrogens is 3. The van der Waals surface area contributed by atoms with Gasteiger partial charge < -0.3 is 9.63 Å². The average Bonchev–Trinajstić information content (AvgIpc) is 2.78. The fourth-order valence-corrected chi connectivity index (χ4v) is 1.54. The van der Waals surface area contributed by atoms with E-state index in [-0.39, 0.29) is 0 Å². The second-order valence-corrected chi connectivity index (χ2v) is 3.93. The van der Waals surface area contributed by atoms with Gasteiger partial charge in [-0.3, -0.25) is 0 Å². The van der Waals surface area contributed by atoms with Crippen molar-refractivity contribution >= 4 is 0 Å². The lowest BCUT2D eigenvalue weighted by atomic mass is 10.2. The van der Waals surface area contributed by atoms with Crippen molar-refractivity contribution in [3.63, 3.8) is 0 Å². The van der Waals surface area contributed by atoms with E-state index in [4.69, 9.17) is 4.52 Å². The standard InChI is InChI=1S/C12H15N3O2/c1-3-5-10(16)11-14-12(17-15-11)9-7-4-6-8(2)13-9/h4,6-7,10,16H,3,5H2,1-2H3. The lowest BCUT2D eigenvalue weighted by Gasteiger charge is -2.01. The van der Waals surface area contributed by atoms with Gasteiger partial charge in [0.25, 0.3) is 5.89 Å². The monoisotopic (exact) mass is 233 g/mol. The summed E-state index contributed by atoms with van der Waals surface area (Å²) in [5.74, 6) is 0.670. The molecule has 2 heterocycles. The van der Waals surface area contributed by atoms with Crippen molar-refractivity contribution in [2.24, 2.45) is 0 Å². The number of aliphatic hydroxyl groups excluding tert-OH is 1. The van der Waals surface area contributed by atoms with Crippen LogP contribution in [0, 0.1) is 6.92 Å². The summed E-state index contributed by atoms with van der Waals surface area (Å²) in [7, 11) is 0. The van der Waals surface area contributed by atoms with E-state index >= 15 is 0 Å². The molecule has 2 aromatic heterocycles. The molecule has 90 valence electrons. The van der Waals surface area contributed by atoms with Crippen LogP contribution in [0.2, 0.25) is 0 Å². The van der Waals surface area contributed by atoms with Crippen LogP contribution in [-0.2, 0) is 0 Å². The highest BCUT2D eigenvalue weighted by Crippen LogP contribution is 2.19. The molecule has 5 heteroatoms. The predicted octanol–water partition coefficient (Wildman–Crippen LogP) is 2.27. The van der Waals surface area contributed by atoms with Crippen LogP contribution in [0.15, 0.2) is 22.7 Å². The first-order chi connectivity index (χ1) is 8.20. The van der Waals surface area contributed by atoms with E-state index in [1.807, 2.05) is 26.0 Å². The molecule has 0 amide bonds. The Morgan fingerprint density at radius 1 is 1.35 bits per heavy atom. The van der Waals surface area contributed by atoms with Crippen LogP contribution in [-0.4, -0.2) is 20.2 Å². The molecule has 0 aliphatic heterocycles. The van der Waals surface area contributed by atoms with Crippen molar-refractivity contribution in [2.45, 2.75) is 32.8 Å². The Bertz CT molecular complexity index is 496. The van der Waals surface area contributed by atoms with Crippen molar-refractivity contribution < 1.29 is 9.63 Å². The van der Waals surface area contributed by atoms with Crippen LogP contribution in [0.1, 0.15) is 37.4 Å². The zero-order valence-electron chi connectivity index (χ0n) is 9.92. The SMILES string of the molecule is CCCC(O)c1noc(-c2cccc(C)n2)n1. The average molecular weight is 233 g/mol. The third-order valence-corrected chi connectivity index (χ3v) is 2.41. The number of hydrogen-bond donors (Lipinski definition) is 1. The normalized spacial score (nSPS) is 12.6. The fourth-order valence-electron chi connectivity index (χ4n) is 1.54. The first-order valence-corrected chi connectivity index (χ1v) is 5.66. The van der Waals surface area contributed by atoms with Gasteiger partial charge in [-0.2, -0.15) is 4.98 Å². The molecule has 2 aromatic rings. The van der Waals surface area contributed by atoms with E-state index in [1.54, 1.807) is 6.07 Å². The predicted molar refractivity (Wildman–Crippen MR) is 62.1 cm³/mol. The van der Waals surface area contributed by atoms with Crippen molar-refractivity contribution in [3.05, 3.63) is 29.7 Å². The molecule has 0 saturated heterocycles. The first-order valence-electron chi connectivity index (χ1n) is 5.66. The van der Waals surface area contributed by atoms with E-state index < -0.39 is 6.10 Å². The number of nitrogens with zero attached hydrogens (tertiary/aromatic N) is 3. The molecule has 0 aliphatic rings. The van der Waals surface area contributed by atoms with Gasteiger partial charge in [0.15, 0.2) is 0 Å². The molecule has 5 nitrogen and oxygen atoms in total. The molecule has 0 radical (unpaired) electrons. The fraction of sp³-hybridized carbons (Fsp3) is 0.417. The maximum absolute atomic E-state index is 9.73. The Morgan fingerprint density at radius 3 is 2.88 bits per heavy atom. The van der Waals surface area contributed by atoms with Gasteiger partial charge in [-0.05, 0) is 25.5 Å². The Hall–Kier alpha value is -1.75. The van der Waals surface area contributed by atoms with Gasteiger partial charge in [0.05, 0.1) is 0 Å². The largest absolute Gasteiger partial charge is 0.385 e. The molecule has 1 atom stereocenters. The van der Waals surface area contributed by atoms with Crippen LogP contribution in [0.3, 0.4) is 0 Å². The number of rotatable bonds is 4. The number of aliphatic hydroxyl groups is 1. The second kappa shape index (κ2) is 5.05. The van der Waals surface area contributed by atoms with Gasteiger partial charge >= 0.3 is 0 Å². The minimum Gasteiger partial charge on any atom is -0.385 e. The van der Waals surface area contributed by atoms with Gasteiger partial charge in [-0.25, -0.2) is 4.98 Å². The molecule has 1 unspecified atom stereocenters. The summed E-state index contributed by atoms with van der Waals surface area (Å²) in [6, 6.07) is 5.58. The zero-order chi connectivity index (χ0) is 12.3. The molecule has 0 bridgehead atoms. The van der Waals surface area contributed by atoms with Gasteiger partial charge in [-0.15, -0.1) is 0 Å². The Kier molecular flexibility index (Phi) is 3.49. The molecule has 17 heavy (non-hydrogen) atoms. The molecule has 0 saturated carbocycles.